The molecule has 1 N–H and O–H groups in total. The topological polar surface area (TPSA) is 95.0 Å². The standard InChI is InChI=1S/C11H14N2O5S2/c14-10(15)8-20(17,18)13-4-2-12(3-5-13)11(16)9-1-6-19-7-9/h1,6-7H,2-5,8H2,(H,14,15). The van der Waals surface area contributed by atoms with Crippen molar-refractivity contribution in [2.75, 3.05) is 31.9 Å². The number of aliphatic carboxylic acids is 1. The van der Waals surface area contributed by atoms with Crippen molar-refractivity contribution in [2.24, 2.45) is 0 Å². The molecule has 1 fully saturated rings. The summed E-state index contributed by atoms with van der Waals surface area (Å²) in [5.41, 5.74) is 0.594. The van der Waals surface area contributed by atoms with Gasteiger partial charge in [0, 0.05) is 31.6 Å². The summed E-state index contributed by atoms with van der Waals surface area (Å²) in [5, 5.41) is 12.1. The van der Waals surface area contributed by atoms with Crippen LogP contribution >= 0.6 is 11.3 Å². The van der Waals surface area contributed by atoms with Crippen LogP contribution in [0.2, 0.25) is 0 Å². The lowest BCUT2D eigenvalue weighted by atomic mass is 10.2. The maximum absolute atomic E-state index is 12.1. The van der Waals surface area contributed by atoms with Crippen molar-refractivity contribution in [3.05, 3.63) is 22.4 Å². The van der Waals surface area contributed by atoms with E-state index in [4.69, 9.17) is 5.11 Å². The second-order valence-electron chi connectivity index (χ2n) is 4.35. The zero-order valence-corrected chi connectivity index (χ0v) is 12.2. The third kappa shape index (κ3) is 3.35. The van der Waals surface area contributed by atoms with Crippen LogP contribution in [0.5, 0.6) is 0 Å². The summed E-state index contributed by atoms with van der Waals surface area (Å²) in [5.74, 6) is -2.41. The Morgan fingerprint density at radius 3 is 2.40 bits per heavy atom. The monoisotopic (exact) mass is 318 g/mol. The number of hydrogen-bond donors (Lipinski definition) is 1. The van der Waals surface area contributed by atoms with Crippen LogP contribution in [0.25, 0.3) is 0 Å². The van der Waals surface area contributed by atoms with Crippen molar-refractivity contribution in [3.63, 3.8) is 0 Å². The van der Waals surface area contributed by atoms with Crippen molar-refractivity contribution in [1.82, 2.24) is 9.21 Å². The van der Waals surface area contributed by atoms with Crippen LogP contribution in [-0.4, -0.2) is 66.5 Å². The van der Waals surface area contributed by atoms with Gasteiger partial charge in [-0.1, -0.05) is 0 Å². The lowest BCUT2D eigenvalue weighted by molar-refractivity contribution is -0.134. The number of carbonyl (C=O) groups excluding carboxylic acids is 1. The molecule has 20 heavy (non-hydrogen) atoms. The molecule has 7 nitrogen and oxygen atoms in total. The van der Waals surface area contributed by atoms with Crippen molar-refractivity contribution in [3.8, 4) is 0 Å². The van der Waals surface area contributed by atoms with Crippen LogP contribution in [0.1, 0.15) is 10.4 Å². The lowest BCUT2D eigenvalue weighted by Crippen LogP contribution is -2.51. The molecule has 2 rings (SSSR count). The van der Waals surface area contributed by atoms with Crippen LogP contribution in [-0.2, 0) is 14.8 Å². The average molecular weight is 318 g/mol. The zero-order chi connectivity index (χ0) is 14.8. The molecule has 1 aromatic heterocycles. The van der Waals surface area contributed by atoms with E-state index >= 15 is 0 Å². The van der Waals surface area contributed by atoms with Crippen molar-refractivity contribution >= 4 is 33.2 Å². The van der Waals surface area contributed by atoms with Crippen molar-refractivity contribution in [1.29, 1.82) is 0 Å². The van der Waals surface area contributed by atoms with Crippen molar-refractivity contribution < 1.29 is 23.1 Å². The maximum atomic E-state index is 12.1. The van der Waals surface area contributed by atoms with E-state index in [1.165, 1.54) is 11.3 Å². The molecule has 0 spiro atoms. The first-order valence-corrected chi connectivity index (χ1v) is 8.46. The largest absolute Gasteiger partial charge is 0.480 e. The Hall–Kier alpha value is -1.45. The fraction of sp³-hybridized carbons (Fsp3) is 0.455. The van der Waals surface area contributed by atoms with Crippen LogP contribution in [0.3, 0.4) is 0 Å². The molecule has 0 unspecified atom stereocenters. The van der Waals surface area contributed by atoms with Gasteiger partial charge in [0.15, 0.2) is 5.75 Å². The SMILES string of the molecule is O=C(O)CS(=O)(=O)N1CCN(C(=O)c2ccsc2)CC1. The van der Waals surface area contributed by atoms with Crippen LogP contribution in [0.15, 0.2) is 16.8 Å². The highest BCUT2D eigenvalue weighted by atomic mass is 32.2. The Labute approximate surface area is 120 Å². The van der Waals surface area contributed by atoms with E-state index < -0.39 is 21.7 Å². The Balaban J connectivity index is 1.96. The lowest BCUT2D eigenvalue weighted by Gasteiger charge is -2.33. The minimum Gasteiger partial charge on any atom is -0.480 e. The van der Waals surface area contributed by atoms with E-state index in [-0.39, 0.29) is 32.1 Å². The van der Waals surface area contributed by atoms with Crippen LogP contribution in [0, 0.1) is 0 Å². The summed E-state index contributed by atoms with van der Waals surface area (Å²) in [6.07, 6.45) is 0. The van der Waals surface area contributed by atoms with E-state index in [1.54, 1.807) is 21.7 Å². The molecular formula is C11H14N2O5S2. The second-order valence-corrected chi connectivity index (χ2v) is 7.10. The number of carboxylic acid groups (broad SMARTS) is 1. The maximum Gasteiger partial charge on any atom is 0.320 e. The molecule has 0 bridgehead atoms. The quantitative estimate of drug-likeness (QED) is 0.838. The Morgan fingerprint density at radius 2 is 1.90 bits per heavy atom. The number of hydrogen-bond acceptors (Lipinski definition) is 5. The molecule has 0 atom stereocenters. The Kier molecular flexibility index (Phi) is 4.41. The molecular weight excluding hydrogens is 304 g/mol. The fourth-order valence-electron chi connectivity index (χ4n) is 1.99. The van der Waals surface area contributed by atoms with Crippen LogP contribution in [0.4, 0.5) is 0 Å². The number of carboxylic acids is 1. The van der Waals surface area contributed by atoms with Crippen LogP contribution < -0.4 is 0 Å². The van der Waals surface area contributed by atoms with Gasteiger partial charge in [0.2, 0.25) is 10.0 Å². The van der Waals surface area contributed by atoms with Gasteiger partial charge < -0.3 is 10.0 Å². The van der Waals surface area contributed by atoms with Gasteiger partial charge >= 0.3 is 5.97 Å². The van der Waals surface area contributed by atoms with E-state index in [9.17, 15) is 18.0 Å². The molecule has 9 heteroatoms. The van der Waals surface area contributed by atoms with Gasteiger partial charge in [-0.3, -0.25) is 9.59 Å². The normalized spacial score (nSPS) is 17.1. The number of thiophene rings is 1. The number of amides is 1. The molecule has 0 saturated carbocycles. The summed E-state index contributed by atoms with van der Waals surface area (Å²) >= 11 is 1.42. The third-order valence-electron chi connectivity index (χ3n) is 2.99. The first-order chi connectivity index (χ1) is 9.40. The fourth-order valence-corrected chi connectivity index (χ4v) is 3.83. The summed E-state index contributed by atoms with van der Waals surface area (Å²) in [7, 11) is -3.79. The second kappa shape index (κ2) is 5.90. The van der Waals surface area contributed by atoms with Gasteiger partial charge in [-0.2, -0.15) is 15.6 Å². The minimum atomic E-state index is -3.79. The first kappa shape index (κ1) is 14.9. The predicted octanol–water partition coefficient (Wildman–Crippen LogP) is -0.0797. The van der Waals surface area contributed by atoms with Gasteiger partial charge in [0.25, 0.3) is 5.91 Å². The smallest absolute Gasteiger partial charge is 0.320 e. The predicted molar refractivity (Wildman–Crippen MR) is 73.2 cm³/mol. The first-order valence-electron chi connectivity index (χ1n) is 5.91. The van der Waals surface area contributed by atoms with Gasteiger partial charge in [-0.15, -0.1) is 0 Å². The Morgan fingerprint density at radius 1 is 1.25 bits per heavy atom. The zero-order valence-electron chi connectivity index (χ0n) is 10.6. The number of carbonyl (C=O) groups is 2. The molecule has 1 aromatic rings. The van der Waals surface area contributed by atoms with Gasteiger partial charge in [-0.05, 0) is 11.4 Å². The number of sulfonamides is 1. The molecule has 1 amide bonds. The summed E-state index contributed by atoms with van der Waals surface area (Å²) in [6, 6.07) is 1.72. The van der Waals surface area contributed by atoms with Gasteiger partial charge in [0.1, 0.15) is 0 Å². The van der Waals surface area contributed by atoms with E-state index in [2.05, 4.69) is 0 Å². The average Bonchev–Trinajstić information content (AvgIpc) is 2.90. The Bertz CT molecular complexity index is 588. The molecule has 1 aliphatic rings. The number of piperazine rings is 1. The molecule has 0 radical (unpaired) electrons. The molecule has 1 aliphatic heterocycles. The highest BCUT2D eigenvalue weighted by molar-refractivity contribution is 7.89. The summed E-state index contributed by atoms with van der Waals surface area (Å²) in [6.45, 7) is 0.804. The third-order valence-corrected chi connectivity index (χ3v) is 5.44. The summed E-state index contributed by atoms with van der Waals surface area (Å²) in [4.78, 5) is 24.2. The summed E-state index contributed by atoms with van der Waals surface area (Å²) < 4.78 is 24.6. The van der Waals surface area contributed by atoms with E-state index in [1.807, 2.05) is 0 Å². The molecule has 0 aliphatic carbocycles. The molecule has 0 aromatic carbocycles. The minimum absolute atomic E-state index is 0.124. The number of nitrogens with zero attached hydrogens (tertiary/aromatic N) is 2. The van der Waals surface area contributed by atoms with Crippen molar-refractivity contribution in [2.45, 2.75) is 0 Å². The highest BCUT2D eigenvalue weighted by Crippen LogP contribution is 2.13. The molecule has 1 saturated heterocycles. The van der Waals surface area contributed by atoms with Gasteiger partial charge in [0.05, 0.1) is 5.56 Å². The molecule has 110 valence electrons. The molecule has 2 heterocycles. The van der Waals surface area contributed by atoms with Gasteiger partial charge in [-0.25, -0.2) is 8.42 Å². The highest BCUT2D eigenvalue weighted by Gasteiger charge is 2.30. The van der Waals surface area contributed by atoms with E-state index in [0.717, 1.165) is 4.31 Å². The van der Waals surface area contributed by atoms with E-state index in [0.29, 0.717) is 5.56 Å². The number of rotatable bonds is 4.